The Hall–Kier alpha value is -3.67. The van der Waals surface area contributed by atoms with Gasteiger partial charge in [0.05, 0.1) is 6.04 Å². The zero-order chi connectivity index (χ0) is 18.4. The van der Waals surface area contributed by atoms with Crippen molar-refractivity contribution in [3.8, 4) is 11.1 Å². The Labute approximate surface area is 155 Å². The Morgan fingerprint density at radius 2 is 1.81 bits per heavy atom. The third-order valence-corrected chi connectivity index (χ3v) is 5.04. The molecule has 0 bridgehead atoms. The van der Waals surface area contributed by atoms with Gasteiger partial charge in [0, 0.05) is 34.0 Å². The number of rotatable bonds is 3. The van der Waals surface area contributed by atoms with E-state index >= 15 is 0 Å². The number of carbonyl (C=O) groups excluding carboxylic acids is 1. The first-order valence-corrected chi connectivity index (χ1v) is 8.79. The third-order valence-electron chi connectivity index (χ3n) is 5.04. The molecule has 1 atom stereocenters. The van der Waals surface area contributed by atoms with Crippen molar-refractivity contribution < 1.29 is 4.79 Å². The molecule has 0 fully saturated rings. The van der Waals surface area contributed by atoms with E-state index in [4.69, 9.17) is 5.73 Å². The van der Waals surface area contributed by atoms with Crippen LogP contribution in [0.4, 0.5) is 5.69 Å². The monoisotopic (exact) mass is 355 g/mol. The van der Waals surface area contributed by atoms with E-state index in [2.05, 4.69) is 32.6 Å². The highest BCUT2D eigenvalue weighted by Gasteiger charge is 2.28. The molecule has 1 aliphatic heterocycles. The molecule has 0 radical (unpaired) electrons. The second-order valence-electron chi connectivity index (χ2n) is 6.69. The van der Waals surface area contributed by atoms with Crippen LogP contribution in [0, 0.1) is 0 Å². The summed E-state index contributed by atoms with van der Waals surface area (Å²) in [6, 6.07) is 18.3. The number of nitrogens with one attached hydrogen (secondary N) is 2. The van der Waals surface area contributed by atoms with Crippen molar-refractivity contribution in [1.82, 2.24) is 15.2 Å². The Morgan fingerprint density at radius 3 is 2.63 bits per heavy atom. The maximum atomic E-state index is 12.1. The maximum Gasteiger partial charge on any atom is 0.269 e. The minimum Gasteiger partial charge on any atom is -0.377 e. The van der Waals surface area contributed by atoms with Crippen molar-refractivity contribution in [2.24, 2.45) is 5.73 Å². The first kappa shape index (κ1) is 15.6. The number of benzene rings is 2. The molecule has 5 rings (SSSR count). The molecule has 6 nitrogen and oxygen atoms in total. The van der Waals surface area contributed by atoms with E-state index < -0.39 is 5.91 Å². The number of primary amides is 1. The van der Waals surface area contributed by atoms with Crippen LogP contribution in [0.3, 0.4) is 0 Å². The average Bonchev–Trinajstić information content (AvgIpc) is 3.06. The fourth-order valence-corrected chi connectivity index (χ4v) is 3.85. The lowest BCUT2D eigenvalue weighted by atomic mass is 9.96. The Morgan fingerprint density at radius 1 is 1.04 bits per heavy atom. The highest BCUT2D eigenvalue weighted by molar-refractivity contribution is 6.09. The molecule has 1 amide bonds. The predicted octanol–water partition coefficient (Wildman–Crippen LogP) is 3.43. The number of fused-ring (bicyclic) bond motifs is 2. The average molecular weight is 355 g/mol. The van der Waals surface area contributed by atoms with Crippen molar-refractivity contribution >= 4 is 22.6 Å². The number of hydrogen-bond acceptors (Lipinski definition) is 4. The van der Waals surface area contributed by atoms with Crippen LogP contribution in [0.25, 0.3) is 22.2 Å². The molecule has 1 unspecified atom stereocenters. The van der Waals surface area contributed by atoms with Gasteiger partial charge in [0.1, 0.15) is 0 Å². The summed E-state index contributed by atoms with van der Waals surface area (Å²) in [5.41, 5.74) is 11.3. The van der Waals surface area contributed by atoms with Gasteiger partial charge < -0.3 is 16.0 Å². The number of nitrogens with two attached hydrogens (primary N) is 1. The molecule has 2 aromatic carbocycles. The summed E-state index contributed by atoms with van der Waals surface area (Å²) in [5, 5.41) is 12.8. The van der Waals surface area contributed by atoms with Gasteiger partial charge >= 0.3 is 0 Å². The molecule has 6 heteroatoms. The molecule has 0 saturated carbocycles. The van der Waals surface area contributed by atoms with E-state index in [1.165, 1.54) is 5.56 Å². The highest BCUT2D eigenvalue weighted by Crippen LogP contribution is 2.43. The molecule has 1 aliphatic rings. The standard InChI is InChI=1S/C21H17N5O/c22-20(27)19-17-13-8-4-5-9-15(13)24-16(10-12-6-2-1-3-7-12)14-11-23-21(18(14)17)26-25-19/h1-9,11,16,24H,10H2,(H2,22,27)(H,23,26). The number of para-hydroxylation sites is 1. The Balaban J connectivity index is 1.79. The second-order valence-corrected chi connectivity index (χ2v) is 6.69. The number of aromatic nitrogens is 3. The molecule has 3 heterocycles. The van der Waals surface area contributed by atoms with Gasteiger partial charge in [-0.1, -0.05) is 48.5 Å². The molecular formula is C21H17N5O. The molecular weight excluding hydrogens is 338 g/mol. The van der Waals surface area contributed by atoms with E-state index in [0.29, 0.717) is 5.65 Å². The lowest BCUT2D eigenvalue weighted by Gasteiger charge is -2.19. The van der Waals surface area contributed by atoms with Gasteiger partial charge in [0.2, 0.25) is 0 Å². The van der Waals surface area contributed by atoms with Crippen molar-refractivity contribution in [3.63, 3.8) is 0 Å². The van der Waals surface area contributed by atoms with Crippen LogP contribution in [0.15, 0.2) is 60.8 Å². The minimum absolute atomic E-state index is 0.0217. The lowest BCUT2D eigenvalue weighted by molar-refractivity contribution is 0.0995. The van der Waals surface area contributed by atoms with E-state index in [1.807, 2.05) is 48.7 Å². The van der Waals surface area contributed by atoms with Gasteiger partial charge in [-0.2, -0.15) is 0 Å². The highest BCUT2D eigenvalue weighted by atomic mass is 16.1. The lowest BCUT2D eigenvalue weighted by Crippen LogP contribution is -2.15. The smallest absolute Gasteiger partial charge is 0.269 e. The summed E-state index contributed by atoms with van der Waals surface area (Å²) in [6.45, 7) is 0. The van der Waals surface area contributed by atoms with Crippen LogP contribution >= 0.6 is 0 Å². The minimum atomic E-state index is -0.581. The summed E-state index contributed by atoms with van der Waals surface area (Å²) >= 11 is 0. The molecule has 0 aliphatic carbocycles. The van der Waals surface area contributed by atoms with Crippen molar-refractivity contribution in [3.05, 3.63) is 77.6 Å². The fraction of sp³-hybridized carbons (Fsp3) is 0.0952. The Kier molecular flexibility index (Phi) is 3.43. The SMILES string of the molecule is NC(=O)c1nnc2[nH]cc3c2c1-c1ccccc1NC3Cc1ccccc1. The number of nitrogens with zero attached hydrogens (tertiary/aromatic N) is 2. The molecule has 0 saturated heterocycles. The topological polar surface area (TPSA) is 96.7 Å². The van der Waals surface area contributed by atoms with Gasteiger partial charge in [-0.25, -0.2) is 0 Å². The zero-order valence-corrected chi connectivity index (χ0v) is 14.4. The van der Waals surface area contributed by atoms with Crippen LogP contribution in [-0.2, 0) is 6.42 Å². The number of H-pyrrole nitrogens is 1. The number of amides is 1. The van der Waals surface area contributed by atoms with Crippen molar-refractivity contribution in [2.45, 2.75) is 12.5 Å². The summed E-state index contributed by atoms with van der Waals surface area (Å²) in [7, 11) is 0. The van der Waals surface area contributed by atoms with Gasteiger partial charge in [0.15, 0.2) is 11.3 Å². The van der Waals surface area contributed by atoms with Crippen molar-refractivity contribution in [1.29, 1.82) is 0 Å². The molecule has 2 aromatic heterocycles. The summed E-state index contributed by atoms with van der Waals surface area (Å²) in [6.07, 6.45) is 2.75. The normalized spacial score (nSPS) is 15.0. The van der Waals surface area contributed by atoms with Crippen molar-refractivity contribution in [2.75, 3.05) is 5.32 Å². The van der Waals surface area contributed by atoms with E-state index in [9.17, 15) is 4.79 Å². The summed E-state index contributed by atoms with van der Waals surface area (Å²) < 4.78 is 0. The number of anilines is 1. The molecule has 4 aromatic rings. The first-order valence-electron chi connectivity index (χ1n) is 8.79. The third kappa shape index (κ3) is 2.45. The van der Waals surface area contributed by atoms with Gasteiger partial charge in [-0.05, 0) is 18.1 Å². The maximum absolute atomic E-state index is 12.1. The molecule has 0 spiro atoms. The van der Waals surface area contributed by atoms with Crippen LogP contribution < -0.4 is 11.1 Å². The van der Waals surface area contributed by atoms with Crippen LogP contribution in [0.1, 0.15) is 27.7 Å². The number of carbonyl (C=O) groups is 1. The van der Waals surface area contributed by atoms with Gasteiger partial charge in [0.25, 0.3) is 5.91 Å². The fourth-order valence-electron chi connectivity index (χ4n) is 3.85. The quantitative estimate of drug-likeness (QED) is 0.524. The van der Waals surface area contributed by atoms with E-state index in [-0.39, 0.29) is 11.7 Å². The first-order chi connectivity index (χ1) is 13.2. The van der Waals surface area contributed by atoms with Crippen LogP contribution in [-0.4, -0.2) is 21.1 Å². The van der Waals surface area contributed by atoms with Gasteiger partial charge in [-0.3, -0.25) is 4.79 Å². The largest absolute Gasteiger partial charge is 0.377 e. The zero-order valence-electron chi connectivity index (χ0n) is 14.4. The summed E-state index contributed by atoms with van der Waals surface area (Å²) in [4.78, 5) is 15.3. The van der Waals surface area contributed by atoms with E-state index in [1.54, 1.807) is 0 Å². The van der Waals surface area contributed by atoms with Crippen LogP contribution in [0.5, 0.6) is 0 Å². The molecule has 4 N–H and O–H groups in total. The van der Waals surface area contributed by atoms with Crippen LogP contribution in [0.2, 0.25) is 0 Å². The predicted molar refractivity (Wildman–Crippen MR) is 104 cm³/mol. The number of aromatic amines is 1. The second kappa shape index (κ2) is 5.95. The Bertz CT molecular complexity index is 1170. The van der Waals surface area contributed by atoms with Gasteiger partial charge in [-0.15, -0.1) is 10.2 Å². The van der Waals surface area contributed by atoms with E-state index in [0.717, 1.165) is 34.2 Å². The molecule has 27 heavy (non-hydrogen) atoms. The number of hydrogen-bond donors (Lipinski definition) is 3. The summed E-state index contributed by atoms with van der Waals surface area (Å²) in [5.74, 6) is -0.581. The molecule has 132 valence electrons.